The molecule has 0 unspecified atom stereocenters. The van der Waals surface area contributed by atoms with Gasteiger partial charge < -0.3 is 15.5 Å². The lowest BCUT2D eigenvalue weighted by molar-refractivity contribution is -0.137. The van der Waals surface area contributed by atoms with Crippen LogP contribution in [0.2, 0.25) is 0 Å². The summed E-state index contributed by atoms with van der Waals surface area (Å²) < 4.78 is 26.3. The number of nitrogens with zero attached hydrogens (tertiary/aromatic N) is 2. The molecule has 0 aliphatic rings. The maximum absolute atomic E-state index is 13.3. The normalized spacial score (nSPS) is 10.5. The van der Waals surface area contributed by atoms with Crippen molar-refractivity contribution in [1.82, 2.24) is 15.2 Å². The fourth-order valence-corrected chi connectivity index (χ4v) is 3.26. The Balaban J connectivity index is 1.59. The van der Waals surface area contributed by atoms with Crippen LogP contribution < -0.4 is 10.6 Å². The van der Waals surface area contributed by atoms with Crippen LogP contribution >= 0.6 is 0 Å². The highest BCUT2D eigenvalue weighted by atomic mass is 19.1. The molecule has 182 valence electrons. The minimum absolute atomic E-state index is 0.0735. The van der Waals surface area contributed by atoms with Crippen LogP contribution in [0.25, 0.3) is 0 Å². The Hall–Kier alpha value is -4.14. The number of anilines is 1. The first-order valence-corrected chi connectivity index (χ1v) is 11.0. The maximum atomic E-state index is 13.3. The van der Waals surface area contributed by atoms with Crippen LogP contribution in [-0.4, -0.2) is 34.2 Å². The highest BCUT2D eigenvalue weighted by molar-refractivity contribution is 5.93. The molecule has 7 nitrogen and oxygen atoms in total. The number of rotatable bonds is 10. The lowest BCUT2D eigenvalue weighted by atomic mass is 10.2. The second-order valence-corrected chi connectivity index (χ2v) is 8.05. The Bertz CT molecular complexity index is 1170. The summed E-state index contributed by atoms with van der Waals surface area (Å²) in [5, 5.41) is 5.35. The van der Waals surface area contributed by atoms with E-state index in [1.807, 2.05) is 6.92 Å². The molecule has 2 aromatic carbocycles. The number of aryl methyl sites for hydroxylation is 1. The smallest absolute Gasteiger partial charge is 0.239 e. The van der Waals surface area contributed by atoms with Gasteiger partial charge in [-0.05, 0) is 60.0 Å². The van der Waals surface area contributed by atoms with Crippen molar-refractivity contribution in [1.29, 1.82) is 0 Å². The van der Waals surface area contributed by atoms with E-state index in [1.165, 1.54) is 41.3 Å². The average molecular weight is 481 g/mol. The van der Waals surface area contributed by atoms with Crippen LogP contribution in [0, 0.1) is 18.6 Å². The third-order valence-corrected chi connectivity index (χ3v) is 5.13. The van der Waals surface area contributed by atoms with Crippen LogP contribution in [0.5, 0.6) is 0 Å². The first-order valence-electron chi connectivity index (χ1n) is 11.0. The van der Waals surface area contributed by atoms with E-state index in [0.29, 0.717) is 16.9 Å². The molecule has 35 heavy (non-hydrogen) atoms. The van der Waals surface area contributed by atoms with E-state index >= 15 is 0 Å². The van der Waals surface area contributed by atoms with Gasteiger partial charge in [-0.3, -0.25) is 14.4 Å². The minimum atomic E-state index is -0.418. The highest BCUT2D eigenvalue weighted by Crippen LogP contribution is 2.11. The monoisotopic (exact) mass is 480 g/mol. The highest BCUT2D eigenvalue weighted by Gasteiger charge is 2.19. The molecule has 0 saturated heterocycles. The molecule has 0 saturated carbocycles. The van der Waals surface area contributed by atoms with Crippen molar-refractivity contribution in [2.45, 2.75) is 32.9 Å². The van der Waals surface area contributed by atoms with Crippen molar-refractivity contribution in [3.63, 3.8) is 0 Å². The molecular formula is C26H26F2N4O3. The molecule has 0 aliphatic heterocycles. The van der Waals surface area contributed by atoms with Crippen LogP contribution in [-0.2, 0) is 27.5 Å². The number of aromatic nitrogens is 1. The van der Waals surface area contributed by atoms with Crippen molar-refractivity contribution >= 4 is 23.5 Å². The van der Waals surface area contributed by atoms with Crippen LogP contribution in [0.1, 0.15) is 29.5 Å². The van der Waals surface area contributed by atoms with Crippen molar-refractivity contribution in [3.05, 3.63) is 95.2 Å². The van der Waals surface area contributed by atoms with E-state index in [2.05, 4.69) is 15.6 Å². The summed E-state index contributed by atoms with van der Waals surface area (Å²) >= 11 is 0. The second-order valence-electron chi connectivity index (χ2n) is 8.05. The van der Waals surface area contributed by atoms with E-state index in [1.54, 1.807) is 30.5 Å². The molecule has 2 N–H and O–H groups in total. The summed E-state index contributed by atoms with van der Waals surface area (Å²) in [6, 6.07) is 14.8. The predicted molar refractivity (Wildman–Crippen MR) is 127 cm³/mol. The summed E-state index contributed by atoms with van der Waals surface area (Å²) in [4.78, 5) is 43.1. The van der Waals surface area contributed by atoms with Gasteiger partial charge in [-0.2, -0.15) is 0 Å². The number of nitrogens with one attached hydrogen (secondary N) is 2. The zero-order chi connectivity index (χ0) is 25.2. The zero-order valence-corrected chi connectivity index (χ0v) is 19.3. The molecule has 9 heteroatoms. The maximum Gasteiger partial charge on any atom is 0.239 e. The first kappa shape index (κ1) is 25.5. The number of benzene rings is 2. The van der Waals surface area contributed by atoms with Gasteiger partial charge in [-0.1, -0.05) is 24.3 Å². The van der Waals surface area contributed by atoms with Gasteiger partial charge in [0.15, 0.2) is 0 Å². The van der Waals surface area contributed by atoms with Crippen molar-refractivity contribution in [2.75, 3.05) is 11.9 Å². The van der Waals surface area contributed by atoms with Gasteiger partial charge in [0.25, 0.3) is 0 Å². The molecule has 3 aromatic rings. The van der Waals surface area contributed by atoms with E-state index in [0.717, 1.165) is 5.56 Å². The molecule has 3 rings (SSSR count). The van der Waals surface area contributed by atoms with E-state index in [-0.39, 0.29) is 44.2 Å². The molecule has 0 aliphatic carbocycles. The van der Waals surface area contributed by atoms with E-state index in [4.69, 9.17) is 0 Å². The van der Waals surface area contributed by atoms with Crippen molar-refractivity contribution in [3.8, 4) is 0 Å². The molecule has 0 fully saturated rings. The lowest BCUT2D eigenvalue weighted by Gasteiger charge is -2.22. The molecule has 3 amide bonds. The lowest BCUT2D eigenvalue weighted by Crippen LogP contribution is -2.40. The molecule has 0 radical (unpaired) electrons. The largest absolute Gasteiger partial charge is 0.350 e. The van der Waals surface area contributed by atoms with Gasteiger partial charge in [0, 0.05) is 32.1 Å². The Morgan fingerprint density at radius 2 is 1.49 bits per heavy atom. The van der Waals surface area contributed by atoms with Gasteiger partial charge in [-0.15, -0.1) is 0 Å². The summed E-state index contributed by atoms with van der Waals surface area (Å²) in [6.45, 7) is 1.86. The van der Waals surface area contributed by atoms with E-state index in [9.17, 15) is 23.2 Å². The third-order valence-electron chi connectivity index (χ3n) is 5.13. The molecule has 1 aromatic heterocycles. The number of hydrogen-bond donors (Lipinski definition) is 2. The Kier molecular flexibility index (Phi) is 9.00. The molecular weight excluding hydrogens is 454 g/mol. The van der Waals surface area contributed by atoms with Gasteiger partial charge in [-0.25, -0.2) is 13.8 Å². The molecule has 0 spiro atoms. The number of halogens is 2. The number of pyridine rings is 1. The number of amides is 3. The van der Waals surface area contributed by atoms with Gasteiger partial charge >= 0.3 is 0 Å². The topological polar surface area (TPSA) is 91.4 Å². The minimum Gasteiger partial charge on any atom is -0.350 e. The second kappa shape index (κ2) is 12.4. The average Bonchev–Trinajstić information content (AvgIpc) is 2.83. The summed E-state index contributed by atoms with van der Waals surface area (Å²) in [7, 11) is 0. The Labute approximate surface area is 202 Å². The van der Waals surface area contributed by atoms with E-state index < -0.39 is 17.6 Å². The molecule has 1 heterocycles. The van der Waals surface area contributed by atoms with Crippen LogP contribution in [0.3, 0.4) is 0 Å². The summed E-state index contributed by atoms with van der Waals surface area (Å²) in [5.41, 5.74) is 2.28. The fourth-order valence-electron chi connectivity index (χ4n) is 3.26. The number of carbonyl (C=O) groups excluding carboxylic acids is 3. The Morgan fingerprint density at radius 1 is 0.857 bits per heavy atom. The molecule has 0 bridgehead atoms. The quantitative estimate of drug-likeness (QED) is 0.463. The standard InChI is InChI=1S/C26H26F2N4O3/c1-18-12-13-29-23(14-18)31-24(33)10-11-26(35)32(16-20-4-8-22(28)9-5-20)17-25(34)30-15-19-2-6-21(27)7-3-19/h2-9,12-14H,10-11,15-17H2,1H3,(H,30,34)(H,29,31,33). The predicted octanol–water partition coefficient (Wildman–Crippen LogP) is 3.73. The number of carbonyl (C=O) groups is 3. The molecule has 0 atom stereocenters. The van der Waals surface area contributed by atoms with Gasteiger partial charge in [0.05, 0.1) is 6.54 Å². The van der Waals surface area contributed by atoms with Crippen molar-refractivity contribution in [2.24, 2.45) is 0 Å². The summed E-state index contributed by atoms with van der Waals surface area (Å²) in [5.74, 6) is -1.59. The zero-order valence-electron chi connectivity index (χ0n) is 19.3. The van der Waals surface area contributed by atoms with Gasteiger partial charge in [0.2, 0.25) is 17.7 Å². The third kappa shape index (κ3) is 8.62. The SMILES string of the molecule is Cc1ccnc(NC(=O)CCC(=O)N(CC(=O)NCc2ccc(F)cc2)Cc2ccc(F)cc2)c1. The van der Waals surface area contributed by atoms with Crippen molar-refractivity contribution < 1.29 is 23.2 Å². The van der Waals surface area contributed by atoms with Crippen LogP contribution in [0.15, 0.2) is 66.9 Å². The fraction of sp³-hybridized carbons (Fsp3) is 0.231. The number of hydrogen-bond acceptors (Lipinski definition) is 4. The summed E-state index contributed by atoms with van der Waals surface area (Å²) in [6.07, 6.45) is 1.36. The van der Waals surface area contributed by atoms with Gasteiger partial charge in [0.1, 0.15) is 17.5 Å². The van der Waals surface area contributed by atoms with Crippen LogP contribution in [0.4, 0.5) is 14.6 Å². The first-order chi connectivity index (χ1) is 16.8. The Morgan fingerprint density at radius 3 is 2.11 bits per heavy atom.